The fourth-order valence-corrected chi connectivity index (χ4v) is 2.62. The lowest BCUT2D eigenvalue weighted by molar-refractivity contribution is -0.141. The number of rotatable bonds is 5. The molecule has 5 nitrogen and oxygen atoms in total. The Kier molecular flexibility index (Phi) is 4.61. The molecule has 0 bridgehead atoms. The Morgan fingerprint density at radius 1 is 1.30 bits per heavy atom. The SMILES string of the molecule is COc1ccccc1CNC(=O)[C@@H]1CC[C@H](C(=O)O)C1. The molecule has 1 saturated carbocycles. The summed E-state index contributed by atoms with van der Waals surface area (Å²) < 4.78 is 5.22. The maximum absolute atomic E-state index is 12.0. The molecule has 1 aromatic carbocycles. The van der Waals surface area contributed by atoms with Crippen LogP contribution in [0.3, 0.4) is 0 Å². The molecular weight excluding hydrogens is 258 g/mol. The molecular formula is C15H19NO4. The van der Waals surface area contributed by atoms with Crippen molar-refractivity contribution in [3.05, 3.63) is 29.8 Å². The molecule has 20 heavy (non-hydrogen) atoms. The minimum absolute atomic E-state index is 0.0698. The molecule has 5 heteroatoms. The van der Waals surface area contributed by atoms with Crippen molar-refractivity contribution in [2.75, 3.05) is 7.11 Å². The van der Waals surface area contributed by atoms with Crippen molar-refractivity contribution in [2.24, 2.45) is 11.8 Å². The first-order chi connectivity index (χ1) is 9.61. The quantitative estimate of drug-likeness (QED) is 0.860. The van der Waals surface area contributed by atoms with Gasteiger partial charge in [-0.25, -0.2) is 0 Å². The van der Waals surface area contributed by atoms with Crippen LogP contribution in [0.15, 0.2) is 24.3 Å². The molecule has 1 aliphatic rings. The van der Waals surface area contributed by atoms with Gasteiger partial charge in [-0.1, -0.05) is 18.2 Å². The predicted molar refractivity (Wildman–Crippen MR) is 73.3 cm³/mol. The van der Waals surface area contributed by atoms with E-state index in [1.165, 1.54) is 0 Å². The number of ether oxygens (including phenoxy) is 1. The van der Waals surface area contributed by atoms with Gasteiger partial charge in [0.25, 0.3) is 0 Å². The maximum atomic E-state index is 12.0. The van der Waals surface area contributed by atoms with E-state index in [0.29, 0.717) is 25.8 Å². The predicted octanol–water partition coefficient (Wildman–Crippen LogP) is 1.81. The van der Waals surface area contributed by atoms with Crippen LogP contribution in [0.4, 0.5) is 0 Å². The van der Waals surface area contributed by atoms with Gasteiger partial charge in [0.05, 0.1) is 13.0 Å². The van der Waals surface area contributed by atoms with E-state index in [1.807, 2.05) is 24.3 Å². The highest BCUT2D eigenvalue weighted by Gasteiger charge is 2.33. The zero-order chi connectivity index (χ0) is 14.5. The number of nitrogens with one attached hydrogen (secondary N) is 1. The third-order valence-corrected chi connectivity index (χ3v) is 3.80. The highest BCUT2D eigenvalue weighted by atomic mass is 16.5. The van der Waals surface area contributed by atoms with E-state index in [1.54, 1.807) is 7.11 Å². The van der Waals surface area contributed by atoms with Gasteiger partial charge in [-0.05, 0) is 25.3 Å². The summed E-state index contributed by atoms with van der Waals surface area (Å²) in [4.78, 5) is 22.9. The highest BCUT2D eigenvalue weighted by Crippen LogP contribution is 2.31. The summed E-state index contributed by atoms with van der Waals surface area (Å²) >= 11 is 0. The normalized spacial score (nSPS) is 21.4. The number of methoxy groups -OCH3 is 1. The molecule has 1 aromatic rings. The van der Waals surface area contributed by atoms with Crippen molar-refractivity contribution >= 4 is 11.9 Å². The number of para-hydroxylation sites is 1. The highest BCUT2D eigenvalue weighted by molar-refractivity contribution is 5.80. The van der Waals surface area contributed by atoms with E-state index in [9.17, 15) is 9.59 Å². The zero-order valence-corrected chi connectivity index (χ0v) is 11.5. The molecule has 1 aliphatic carbocycles. The van der Waals surface area contributed by atoms with Gasteiger partial charge < -0.3 is 15.2 Å². The summed E-state index contributed by atoms with van der Waals surface area (Å²) in [5, 5.41) is 11.8. The summed E-state index contributed by atoms with van der Waals surface area (Å²) in [6, 6.07) is 7.50. The molecule has 0 heterocycles. The minimum atomic E-state index is -0.801. The van der Waals surface area contributed by atoms with Crippen molar-refractivity contribution in [3.8, 4) is 5.75 Å². The lowest BCUT2D eigenvalue weighted by Crippen LogP contribution is -2.29. The van der Waals surface area contributed by atoms with E-state index in [0.717, 1.165) is 11.3 Å². The van der Waals surface area contributed by atoms with Gasteiger partial charge in [-0.3, -0.25) is 9.59 Å². The van der Waals surface area contributed by atoms with Crippen molar-refractivity contribution in [1.82, 2.24) is 5.32 Å². The van der Waals surface area contributed by atoms with Gasteiger partial charge in [-0.15, -0.1) is 0 Å². The van der Waals surface area contributed by atoms with Gasteiger partial charge in [0.2, 0.25) is 5.91 Å². The Bertz CT molecular complexity index is 500. The smallest absolute Gasteiger partial charge is 0.306 e. The molecule has 108 valence electrons. The average Bonchev–Trinajstić information content (AvgIpc) is 2.95. The number of carbonyl (C=O) groups excluding carboxylic acids is 1. The molecule has 2 atom stereocenters. The number of aliphatic carboxylic acids is 1. The third-order valence-electron chi connectivity index (χ3n) is 3.80. The molecule has 0 saturated heterocycles. The zero-order valence-electron chi connectivity index (χ0n) is 11.5. The van der Waals surface area contributed by atoms with Gasteiger partial charge in [0, 0.05) is 18.0 Å². The first kappa shape index (κ1) is 14.4. The maximum Gasteiger partial charge on any atom is 0.306 e. The Morgan fingerprint density at radius 3 is 2.65 bits per heavy atom. The van der Waals surface area contributed by atoms with E-state index >= 15 is 0 Å². The van der Waals surface area contributed by atoms with Crippen LogP contribution in [0.25, 0.3) is 0 Å². The van der Waals surface area contributed by atoms with Crippen LogP contribution >= 0.6 is 0 Å². The number of carbonyl (C=O) groups is 2. The molecule has 2 rings (SSSR count). The Morgan fingerprint density at radius 2 is 2.00 bits per heavy atom. The molecule has 2 N–H and O–H groups in total. The van der Waals surface area contributed by atoms with Crippen molar-refractivity contribution in [2.45, 2.75) is 25.8 Å². The van der Waals surface area contributed by atoms with E-state index in [4.69, 9.17) is 9.84 Å². The van der Waals surface area contributed by atoms with Crippen LogP contribution in [-0.2, 0) is 16.1 Å². The second-order valence-electron chi connectivity index (χ2n) is 5.07. The lowest BCUT2D eigenvalue weighted by atomic mass is 10.0. The summed E-state index contributed by atoms with van der Waals surface area (Å²) in [5.74, 6) is -0.699. The summed E-state index contributed by atoms with van der Waals surface area (Å²) in [6.45, 7) is 0.400. The van der Waals surface area contributed by atoms with E-state index in [-0.39, 0.29) is 17.7 Å². The Hall–Kier alpha value is -2.04. The molecule has 0 spiro atoms. The number of hydrogen-bond acceptors (Lipinski definition) is 3. The fourth-order valence-electron chi connectivity index (χ4n) is 2.62. The van der Waals surface area contributed by atoms with Crippen LogP contribution in [0.5, 0.6) is 5.75 Å². The van der Waals surface area contributed by atoms with Crippen LogP contribution in [0.2, 0.25) is 0 Å². The molecule has 0 unspecified atom stereocenters. The van der Waals surface area contributed by atoms with Crippen LogP contribution in [-0.4, -0.2) is 24.1 Å². The van der Waals surface area contributed by atoms with Crippen LogP contribution in [0, 0.1) is 11.8 Å². The summed E-state index contributed by atoms with van der Waals surface area (Å²) in [5.41, 5.74) is 0.913. The number of amides is 1. The number of carboxylic acid groups (broad SMARTS) is 1. The van der Waals surface area contributed by atoms with Gasteiger partial charge >= 0.3 is 5.97 Å². The molecule has 1 fully saturated rings. The minimum Gasteiger partial charge on any atom is -0.496 e. The average molecular weight is 277 g/mol. The Balaban J connectivity index is 1.88. The second kappa shape index (κ2) is 6.41. The van der Waals surface area contributed by atoms with Crippen LogP contribution < -0.4 is 10.1 Å². The van der Waals surface area contributed by atoms with Crippen molar-refractivity contribution < 1.29 is 19.4 Å². The Labute approximate surface area is 117 Å². The molecule has 1 amide bonds. The molecule has 0 aromatic heterocycles. The van der Waals surface area contributed by atoms with Gasteiger partial charge in [-0.2, -0.15) is 0 Å². The third kappa shape index (κ3) is 3.29. The standard InChI is InChI=1S/C15H19NO4/c1-20-13-5-3-2-4-12(13)9-16-14(17)10-6-7-11(8-10)15(18)19/h2-5,10-11H,6-9H2,1H3,(H,16,17)(H,18,19)/t10-,11+/m1/s1. The number of benzene rings is 1. The monoisotopic (exact) mass is 277 g/mol. The van der Waals surface area contributed by atoms with E-state index < -0.39 is 5.97 Å². The summed E-state index contributed by atoms with van der Waals surface area (Å²) in [6.07, 6.45) is 1.67. The largest absolute Gasteiger partial charge is 0.496 e. The molecule has 0 aliphatic heterocycles. The lowest BCUT2D eigenvalue weighted by Gasteiger charge is -2.12. The second-order valence-corrected chi connectivity index (χ2v) is 5.07. The van der Waals surface area contributed by atoms with Crippen molar-refractivity contribution in [3.63, 3.8) is 0 Å². The number of hydrogen-bond donors (Lipinski definition) is 2. The fraction of sp³-hybridized carbons (Fsp3) is 0.467. The van der Waals surface area contributed by atoms with Gasteiger partial charge in [0.1, 0.15) is 5.75 Å². The van der Waals surface area contributed by atoms with E-state index in [2.05, 4.69) is 5.32 Å². The van der Waals surface area contributed by atoms with Crippen molar-refractivity contribution in [1.29, 1.82) is 0 Å². The van der Waals surface area contributed by atoms with Gasteiger partial charge in [0.15, 0.2) is 0 Å². The molecule has 0 radical (unpaired) electrons. The number of carboxylic acids is 1. The topological polar surface area (TPSA) is 75.6 Å². The summed E-state index contributed by atoms with van der Waals surface area (Å²) in [7, 11) is 1.59. The first-order valence-corrected chi connectivity index (χ1v) is 6.74. The first-order valence-electron chi connectivity index (χ1n) is 6.74. The van der Waals surface area contributed by atoms with Crippen LogP contribution in [0.1, 0.15) is 24.8 Å².